The van der Waals surface area contributed by atoms with Crippen LogP contribution in [0.15, 0.2) is 106 Å². The number of quaternary nitrogens is 11. The summed E-state index contributed by atoms with van der Waals surface area (Å²) in [7, 11) is 33.3. The van der Waals surface area contributed by atoms with E-state index < -0.39 is 29.7 Å². The normalized spacial score (nSPS) is 28.1. The predicted molar refractivity (Wildman–Crippen MR) is 500 cm³/mol. The van der Waals surface area contributed by atoms with Crippen molar-refractivity contribution in [2.45, 2.75) is 159 Å². The van der Waals surface area contributed by atoms with E-state index in [0.29, 0.717) is 102 Å². The van der Waals surface area contributed by atoms with Gasteiger partial charge < -0.3 is 37.0 Å². The van der Waals surface area contributed by atoms with Crippen LogP contribution < -0.4 is 28.0 Å². The highest BCUT2D eigenvalue weighted by molar-refractivity contribution is 7.91. The number of hydrogen-bond acceptors (Lipinski definition) is 14. The zero-order chi connectivity index (χ0) is 94.6. The molecule has 0 N–H and O–H groups in total. The first kappa shape index (κ1) is 105. The van der Waals surface area contributed by atoms with Crippen molar-refractivity contribution in [3.63, 3.8) is 0 Å². The minimum Gasteiger partial charge on any atom is -0.496 e. The van der Waals surface area contributed by atoms with E-state index in [4.69, 9.17) is 30.6 Å². The molecule has 0 spiro atoms. The second kappa shape index (κ2) is 36.9. The fourth-order valence-corrected chi connectivity index (χ4v) is 24.9. The monoisotopic (exact) mass is 1810 g/mol. The highest BCUT2D eigenvalue weighted by Gasteiger charge is 2.63. The summed E-state index contributed by atoms with van der Waals surface area (Å²) < 4.78 is 97.9. The molecular formula is C95H161ClN11O14S3+11. The van der Waals surface area contributed by atoms with Gasteiger partial charge in [0.25, 0.3) is 0 Å². The van der Waals surface area contributed by atoms with Crippen molar-refractivity contribution in [2.24, 2.45) is 17.8 Å². The van der Waals surface area contributed by atoms with Crippen molar-refractivity contribution in [3.8, 4) is 23.0 Å². The maximum Gasteiger partial charge on any atom is 0.391 e. The number of ether oxygens (including phenoxy) is 3. The maximum atomic E-state index is 14.0. The van der Waals surface area contributed by atoms with Crippen LogP contribution in [0.25, 0.3) is 0 Å². The van der Waals surface area contributed by atoms with Crippen LogP contribution in [0.4, 0.5) is 11.4 Å². The number of nitrogens with zero attached hydrogens (tertiary/aromatic N) is 11. The summed E-state index contributed by atoms with van der Waals surface area (Å²) >= 11 is 6.55. The summed E-state index contributed by atoms with van der Waals surface area (Å²) in [6, 6.07) is 26.8. The Kier molecular flexibility index (Phi) is 31.2. The number of sulfonamides is 1. The van der Waals surface area contributed by atoms with E-state index in [-0.39, 0.29) is 94.0 Å². The quantitative estimate of drug-likeness (QED) is 0.0472. The van der Waals surface area contributed by atoms with Crippen LogP contribution >= 0.6 is 11.6 Å². The molecule has 10 rings (SSSR count). The lowest BCUT2D eigenvalue weighted by Crippen LogP contribution is -2.68. The number of hydrogen-bond donors (Lipinski definition) is 0. The standard InChI is InChI=1S/C25H35ClN3O2.C25H46N3O4S.C23H42N3O4S.C22H38N2O4S/c1-25(12-14-28(5,15-13-25)18-19-10-8-7-9-11-19)29(6)24(30)20-16-21(26)22(27(2,3)4)17-23(20)31-29;1-12-28(10)17-19(3)16-25(28,4)18-27(8,9)24(29)20-14-23(33(30,31)13-2)21(26(5,6)7)15-22(20)32-11;1-11-26(9)16-18(2)15-23(26,3)17-25(7,8)22(27)20-14-19(12-13-21(20)30-10)31(28,29)24(4,5)6;1-9-24(7)15-17(3)14-22(24,4)16-23(5,6)21(25)19-13-18(29(26,27)10-2)11-12-20(19)28-8/h7-11,16-17H,12-15,18H2,1-6H3;14-15,19H,12-13,16-18H2,1-11H3;12-14,18H,11,15-17H2,1-10H3;11-13,17H,9-10,14-16H2,1-8H3/q3*+3;+2. The molecule has 0 aromatic heterocycles. The second-order valence-corrected chi connectivity index (χ2v) is 50.8. The number of likely N-dealkylation sites (tertiary alicyclic amines) is 4. The average molecular weight is 1810 g/mol. The predicted octanol–water partition coefficient (Wildman–Crippen LogP) is 13.3. The van der Waals surface area contributed by atoms with Crippen LogP contribution in [0, 0.1) is 17.8 Å². The largest absolute Gasteiger partial charge is 0.496 e. The average Bonchev–Trinajstić information content (AvgIpc) is 1.56. The zero-order valence-electron chi connectivity index (χ0n) is 82.6. The SMILES string of the molecule is CC1([N+]2(C)Oc3cc([N+](C)(C)C)c(Cl)cc3C2=O)CC[N+](C)(Cc2ccccc2)CC1.CC[N+]1(C)CC(C)CC1(C)C[N+](C)(C)C(=O)c1cc(S(=O)(=O)CC)c([N+](C)(C)C)cc1OC.CC[N+]1(C)CC(C)CC1(C)C[N+](C)(C)C(=O)c1cc(S(=O)(=O)CC)ccc1OC.CC[N+]1(C)CC(C)CC1(C)C[N+](C)(C)C(=O)c1cc(S(=O)(=O)[N+](C)(C)C)ccc1OC. The molecule has 29 heteroatoms. The molecule has 0 radical (unpaired) electrons. The number of rotatable bonds is 26. The molecule has 5 aromatic rings. The third kappa shape index (κ3) is 21.2. The van der Waals surface area contributed by atoms with Gasteiger partial charge in [0.1, 0.15) is 104 Å². The van der Waals surface area contributed by atoms with E-state index in [1.165, 1.54) is 51.2 Å². The van der Waals surface area contributed by atoms with Gasteiger partial charge in [-0.15, -0.1) is 0 Å². The molecule has 0 bridgehead atoms. The lowest BCUT2D eigenvalue weighted by atomic mass is 9.85. The smallest absolute Gasteiger partial charge is 0.391 e. The van der Waals surface area contributed by atoms with Gasteiger partial charge in [0.05, 0.1) is 243 Å². The number of carbonyl (C=O) groups is 4. The molecule has 5 aromatic carbocycles. The summed E-state index contributed by atoms with van der Waals surface area (Å²) in [5.74, 6) is 3.24. The van der Waals surface area contributed by atoms with Crippen molar-refractivity contribution in [1.29, 1.82) is 0 Å². The van der Waals surface area contributed by atoms with Crippen LogP contribution in [-0.2, 0) is 36.2 Å². The highest BCUT2D eigenvalue weighted by Crippen LogP contribution is 2.49. The van der Waals surface area contributed by atoms with E-state index in [1.54, 1.807) is 65.3 Å². The van der Waals surface area contributed by atoms with Gasteiger partial charge in [-0.25, -0.2) is 39.9 Å². The molecule has 5 aliphatic heterocycles. The molecule has 5 aliphatic rings. The molecule has 10 unspecified atom stereocenters. The number of likely N-dealkylation sites (N-methyl/N-ethyl adjacent to an activating group) is 6. The van der Waals surface area contributed by atoms with Crippen molar-refractivity contribution in [2.75, 3.05) is 246 Å². The van der Waals surface area contributed by atoms with E-state index in [2.05, 4.69) is 149 Å². The minimum atomic E-state index is -3.65. The van der Waals surface area contributed by atoms with E-state index >= 15 is 0 Å². The maximum absolute atomic E-state index is 14.0. The Labute approximate surface area is 752 Å². The van der Waals surface area contributed by atoms with Gasteiger partial charge in [0, 0.05) is 48.6 Å². The first-order valence-corrected chi connectivity index (χ1v) is 49.3. The first-order chi connectivity index (χ1) is 56.4. The molecule has 10 atom stereocenters. The summed E-state index contributed by atoms with van der Waals surface area (Å²) in [6.07, 6.45) is 5.01. The summed E-state index contributed by atoms with van der Waals surface area (Å²) in [5, 5.41) is 0.609. The third-order valence-electron chi connectivity index (χ3n) is 29.4. The van der Waals surface area contributed by atoms with Gasteiger partial charge in [-0.3, -0.25) is 22.4 Å². The fraction of sp³-hybridized carbons (Fsp3) is 0.642. The Morgan fingerprint density at radius 1 is 0.484 bits per heavy atom. The molecule has 0 saturated carbocycles. The number of hydroxylamine groups is 3. The van der Waals surface area contributed by atoms with Gasteiger partial charge in [-0.1, -0.05) is 81.2 Å². The number of halogens is 1. The van der Waals surface area contributed by atoms with Gasteiger partial charge in [-0.2, -0.15) is 8.42 Å². The van der Waals surface area contributed by atoms with Crippen LogP contribution in [-0.4, -0.2) is 357 Å². The molecular weight excluding hydrogens is 1650 g/mol. The molecule has 124 heavy (non-hydrogen) atoms. The lowest BCUT2D eigenvalue weighted by Gasteiger charge is -2.48. The van der Waals surface area contributed by atoms with Gasteiger partial charge >= 0.3 is 33.7 Å². The van der Waals surface area contributed by atoms with Crippen molar-refractivity contribution >= 4 is 76.3 Å². The Balaban J connectivity index is 0.000000227. The fourth-order valence-electron chi connectivity index (χ4n) is 21.2. The number of fused-ring (bicyclic) bond motifs is 1. The Bertz CT molecular complexity index is 5120. The Morgan fingerprint density at radius 3 is 1.21 bits per heavy atom. The molecule has 5 heterocycles. The molecule has 694 valence electrons. The zero-order valence-corrected chi connectivity index (χ0v) is 85.8. The van der Waals surface area contributed by atoms with E-state index in [0.717, 1.165) is 115 Å². The number of sulfone groups is 2. The first-order valence-electron chi connectivity index (χ1n) is 44.2. The number of carbonyl (C=O) groups excluding carboxylic acids is 4. The highest BCUT2D eigenvalue weighted by atomic mass is 35.5. The summed E-state index contributed by atoms with van der Waals surface area (Å²) in [6.45, 7) is 37.1. The van der Waals surface area contributed by atoms with Crippen LogP contribution in [0.5, 0.6) is 23.0 Å². The lowest BCUT2D eigenvalue weighted by molar-refractivity contribution is -1.04. The summed E-state index contributed by atoms with van der Waals surface area (Å²) in [5.41, 5.74) is 4.05. The second-order valence-electron chi connectivity index (χ2n) is 43.3. The molecule has 0 aliphatic carbocycles. The number of methoxy groups -OCH3 is 3. The molecule has 4 saturated heterocycles. The van der Waals surface area contributed by atoms with Crippen LogP contribution in [0.1, 0.15) is 162 Å². The number of amides is 4. The summed E-state index contributed by atoms with van der Waals surface area (Å²) in [4.78, 5) is 61.9. The topological polar surface area (TPSA) is 208 Å². The minimum absolute atomic E-state index is 0.00604. The van der Waals surface area contributed by atoms with Gasteiger partial charge in [-0.05, 0) is 97.0 Å². The van der Waals surface area contributed by atoms with Crippen molar-refractivity contribution < 1.29 is 103 Å². The van der Waals surface area contributed by atoms with Crippen molar-refractivity contribution in [3.05, 3.63) is 124 Å². The van der Waals surface area contributed by atoms with Crippen LogP contribution in [0.3, 0.4) is 0 Å². The van der Waals surface area contributed by atoms with Crippen LogP contribution in [0.2, 0.25) is 5.02 Å². The van der Waals surface area contributed by atoms with Crippen molar-refractivity contribution in [1.82, 2.24) is 8.97 Å². The molecule has 4 amide bonds. The van der Waals surface area contributed by atoms with E-state index in [9.17, 15) is 44.4 Å². The van der Waals surface area contributed by atoms with Gasteiger partial charge in [0.2, 0.25) is 5.75 Å². The third-order valence-corrected chi connectivity index (χ3v) is 35.5. The Hall–Kier alpha value is -6.32. The molecule has 4 fully saturated rings. The Morgan fingerprint density at radius 2 is 0.855 bits per heavy atom. The number of piperidine rings is 1. The number of benzene rings is 5. The van der Waals surface area contributed by atoms with E-state index in [1.807, 2.05) is 76.5 Å². The molecule has 25 nitrogen and oxygen atoms in total. The van der Waals surface area contributed by atoms with Gasteiger partial charge in [0.15, 0.2) is 36.6 Å².